The normalized spacial score (nSPS) is 15.2. The minimum Gasteiger partial charge on any atom is -0.459 e. The molecule has 35 heavy (non-hydrogen) atoms. The van der Waals surface area contributed by atoms with E-state index in [0.717, 1.165) is 27.6 Å². The van der Waals surface area contributed by atoms with Gasteiger partial charge in [0, 0.05) is 28.4 Å². The number of para-hydroxylation sites is 2. The van der Waals surface area contributed by atoms with E-state index in [1.54, 1.807) is 37.6 Å². The Kier molecular flexibility index (Phi) is 6.79. The summed E-state index contributed by atoms with van der Waals surface area (Å²) < 4.78 is 7.03. The topological polar surface area (TPSA) is 97.7 Å². The van der Waals surface area contributed by atoms with Gasteiger partial charge in [-0.3, -0.25) is 24.1 Å². The highest BCUT2D eigenvalue weighted by atomic mass is 32.2. The monoisotopic (exact) mass is 491 g/mol. The van der Waals surface area contributed by atoms with E-state index in [1.807, 2.05) is 54.6 Å². The molecular weight excluding hydrogens is 466 g/mol. The molecule has 1 aromatic heterocycles. The van der Waals surface area contributed by atoms with Crippen molar-refractivity contribution in [3.63, 3.8) is 0 Å². The van der Waals surface area contributed by atoms with Gasteiger partial charge < -0.3 is 14.6 Å². The number of ether oxygens (including phenoxy) is 1. The molecule has 8 nitrogen and oxygen atoms in total. The van der Waals surface area contributed by atoms with Crippen molar-refractivity contribution in [1.29, 1.82) is 0 Å². The Labute approximate surface area is 206 Å². The summed E-state index contributed by atoms with van der Waals surface area (Å²) in [6.07, 6.45) is 3.39. The van der Waals surface area contributed by atoms with Crippen LogP contribution in [-0.4, -0.2) is 44.6 Å². The average Bonchev–Trinajstić information content (AvgIpc) is 3.25. The van der Waals surface area contributed by atoms with E-state index < -0.39 is 29.3 Å². The second-order valence-electron chi connectivity index (χ2n) is 9.00. The Morgan fingerprint density at radius 2 is 1.69 bits per heavy atom. The van der Waals surface area contributed by atoms with Gasteiger partial charge in [-0.2, -0.15) is 0 Å². The highest BCUT2D eigenvalue weighted by Gasteiger charge is 2.37. The molecule has 3 aromatic rings. The molecule has 4 rings (SSSR count). The number of amides is 3. The maximum absolute atomic E-state index is 12.9. The molecule has 0 bridgehead atoms. The molecule has 0 aliphatic carbocycles. The van der Waals surface area contributed by atoms with E-state index in [9.17, 15) is 19.2 Å². The largest absolute Gasteiger partial charge is 0.459 e. The van der Waals surface area contributed by atoms with E-state index in [0.29, 0.717) is 11.3 Å². The van der Waals surface area contributed by atoms with E-state index in [1.165, 1.54) is 0 Å². The molecule has 3 amide bonds. The van der Waals surface area contributed by atoms with Crippen molar-refractivity contribution in [2.45, 2.75) is 32.9 Å². The maximum Gasteiger partial charge on any atom is 0.326 e. The molecule has 1 aliphatic rings. The van der Waals surface area contributed by atoms with Gasteiger partial charge in [-0.05, 0) is 56.8 Å². The summed E-state index contributed by atoms with van der Waals surface area (Å²) in [5, 5.41) is 3.16. The van der Waals surface area contributed by atoms with Crippen LogP contribution in [0.3, 0.4) is 0 Å². The molecule has 1 N–H and O–H groups in total. The lowest BCUT2D eigenvalue weighted by Crippen LogP contribution is -2.37. The van der Waals surface area contributed by atoms with Gasteiger partial charge in [-0.1, -0.05) is 36.4 Å². The van der Waals surface area contributed by atoms with Crippen LogP contribution in [-0.2, 0) is 25.7 Å². The lowest BCUT2D eigenvalue weighted by molar-refractivity contribution is -0.156. The number of carbonyl (C=O) groups excluding carboxylic acids is 4. The minimum atomic E-state index is -0.719. The minimum absolute atomic E-state index is 0.0728. The second-order valence-corrected chi connectivity index (χ2v) is 9.99. The number of thioether (sulfide) groups is 1. The Bertz CT molecular complexity index is 1340. The third kappa shape index (κ3) is 5.81. The number of imide groups is 1. The van der Waals surface area contributed by atoms with Crippen LogP contribution in [0.2, 0.25) is 0 Å². The fourth-order valence-electron chi connectivity index (χ4n) is 3.68. The summed E-state index contributed by atoms with van der Waals surface area (Å²) in [7, 11) is 0. The zero-order chi connectivity index (χ0) is 25.2. The Morgan fingerprint density at radius 3 is 2.40 bits per heavy atom. The zero-order valence-electron chi connectivity index (χ0n) is 19.6. The molecule has 9 heteroatoms. The Hall–Kier alpha value is -3.85. The Morgan fingerprint density at radius 1 is 1.00 bits per heavy atom. The van der Waals surface area contributed by atoms with Crippen LogP contribution in [0.1, 0.15) is 26.3 Å². The predicted octanol–water partition coefficient (Wildman–Crippen LogP) is 4.66. The third-order valence-corrected chi connectivity index (χ3v) is 5.97. The summed E-state index contributed by atoms with van der Waals surface area (Å²) in [5.74, 6) is -1.40. The fraction of sp³-hybridized carbons (Fsp3) is 0.231. The van der Waals surface area contributed by atoms with Crippen molar-refractivity contribution < 1.29 is 23.9 Å². The molecule has 0 saturated carbocycles. The number of nitrogens with one attached hydrogen (secondary N) is 1. The van der Waals surface area contributed by atoms with Crippen LogP contribution in [0, 0.1) is 0 Å². The Balaban J connectivity index is 1.56. The maximum atomic E-state index is 12.9. The summed E-state index contributed by atoms with van der Waals surface area (Å²) >= 11 is 0.772. The van der Waals surface area contributed by atoms with Crippen molar-refractivity contribution in [2.24, 2.45) is 0 Å². The molecule has 2 heterocycles. The molecule has 180 valence electrons. The molecule has 0 atom stereocenters. The molecule has 1 saturated heterocycles. The average molecular weight is 492 g/mol. The first-order valence-electron chi connectivity index (χ1n) is 11.0. The van der Waals surface area contributed by atoms with Gasteiger partial charge in [0.25, 0.3) is 11.1 Å². The van der Waals surface area contributed by atoms with Crippen molar-refractivity contribution in [1.82, 2.24) is 9.47 Å². The summed E-state index contributed by atoms with van der Waals surface area (Å²) in [4.78, 5) is 51.2. The van der Waals surface area contributed by atoms with Gasteiger partial charge in [0.1, 0.15) is 18.7 Å². The van der Waals surface area contributed by atoms with E-state index in [2.05, 4.69) is 5.32 Å². The molecule has 2 aromatic carbocycles. The number of rotatable bonds is 6. The summed E-state index contributed by atoms with van der Waals surface area (Å²) in [6.45, 7) is 4.78. The SMILES string of the molecule is CC(C)(C)OC(=O)CN1C(=O)SC(=Cc2cn(CC(=O)Nc3ccccc3)c3ccccc23)C1=O. The quantitative estimate of drug-likeness (QED) is 0.398. The number of benzene rings is 2. The number of nitrogens with zero attached hydrogens (tertiary/aromatic N) is 2. The standard InChI is InChI=1S/C26H25N3O5S/c1-26(2,3)34-23(31)16-29-24(32)21(35-25(29)33)13-17-14-28(20-12-8-7-11-19(17)20)15-22(30)27-18-9-5-4-6-10-18/h4-14H,15-16H2,1-3H3,(H,27,30). The first kappa shape index (κ1) is 24.3. The molecule has 0 radical (unpaired) electrons. The van der Waals surface area contributed by atoms with Crippen LogP contribution < -0.4 is 5.32 Å². The van der Waals surface area contributed by atoms with Crippen molar-refractivity contribution in [3.8, 4) is 0 Å². The number of esters is 1. The van der Waals surface area contributed by atoms with Crippen LogP contribution >= 0.6 is 11.8 Å². The lowest BCUT2D eigenvalue weighted by Gasteiger charge is -2.21. The summed E-state index contributed by atoms with van der Waals surface area (Å²) in [6, 6.07) is 16.7. The van der Waals surface area contributed by atoms with Crippen LogP contribution in [0.15, 0.2) is 65.7 Å². The second kappa shape index (κ2) is 9.79. The van der Waals surface area contributed by atoms with Gasteiger partial charge in [0.15, 0.2) is 0 Å². The highest BCUT2D eigenvalue weighted by molar-refractivity contribution is 8.18. The number of hydrogen-bond donors (Lipinski definition) is 1. The van der Waals surface area contributed by atoms with Crippen molar-refractivity contribution >= 4 is 57.5 Å². The molecule has 0 spiro atoms. The summed E-state index contributed by atoms with van der Waals surface area (Å²) in [5.41, 5.74) is 1.49. The van der Waals surface area contributed by atoms with E-state index in [-0.39, 0.29) is 17.4 Å². The number of aromatic nitrogens is 1. The predicted molar refractivity (Wildman–Crippen MR) is 136 cm³/mol. The molecule has 0 unspecified atom stereocenters. The van der Waals surface area contributed by atoms with Gasteiger partial charge >= 0.3 is 5.97 Å². The van der Waals surface area contributed by atoms with Gasteiger partial charge in [-0.15, -0.1) is 0 Å². The molecular formula is C26H25N3O5S. The number of hydrogen-bond acceptors (Lipinski definition) is 6. The molecule has 1 fully saturated rings. The van der Waals surface area contributed by atoms with Gasteiger partial charge in [-0.25, -0.2) is 0 Å². The lowest BCUT2D eigenvalue weighted by atomic mass is 10.1. The van der Waals surface area contributed by atoms with Crippen LogP contribution in [0.4, 0.5) is 10.5 Å². The van der Waals surface area contributed by atoms with Gasteiger partial charge in [0.05, 0.1) is 4.91 Å². The van der Waals surface area contributed by atoms with Gasteiger partial charge in [0.2, 0.25) is 5.91 Å². The molecule has 1 aliphatic heterocycles. The van der Waals surface area contributed by atoms with Crippen molar-refractivity contribution in [2.75, 3.05) is 11.9 Å². The first-order valence-corrected chi connectivity index (χ1v) is 11.8. The number of anilines is 1. The first-order chi connectivity index (χ1) is 16.6. The van der Waals surface area contributed by atoms with Crippen molar-refractivity contribution in [3.05, 3.63) is 71.3 Å². The highest BCUT2D eigenvalue weighted by Crippen LogP contribution is 2.34. The fourth-order valence-corrected chi connectivity index (χ4v) is 4.51. The zero-order valence-corrected chi connectivity index (χ0v) is 20.4. The van der Waals surface area contributed by atoms with Crippen LogP contribution in [0.25, 0.3) is 17.0 Å². The third-order valence-electron chi connectivity index (χ3n) is 5.06. The smallest absolute Gasteiger partial charge is 0.326 e. The number of fused-ring (bicyclic) bond motifs is 1. The van der Waals surface area contributed by atoms with E-state index in [4.69, 9.17) is 4.74 Å². The van der Waals surface area contributed by atoms with Crippen LogP contribution in [0.5, 0.6) is 0 Å². The van der Waals surface area contributed by atoms with E-state index >= 15 is 0 Å². The number of carbonyl (C=O) groups is 4.